The molecule has 0 saturated heterocycles. The van der Waals surface area contributed by atoms with E-state index in [9.17, 15) is 9.59 Å². The van der Waals surface area contributed by atoms with E-state index in [0.29, 0.717) is 6.42 Å². The Morgan fingerprint density at radius 3 is 2.71 bits per heavy atom. The van der Waals surface area contributed by atoms with Crippen LogP contribution in [0.4, 0.5) is 0 Å². The summed E-state index contributed by atoms with van der Waals surface area (Å²) in [5.41, 5.74) is 0. The number of carboxylic acid groups (broad SMARTS) is 1. The summed E-state index contributed by atoms with van der Waals surface area (Å²) in [7, 11) is 0. The predicted molar refractivity (Wildman–Crippen MR) is 47.1 cm³/mol. The van der Waals surface area contributed by atoms with Crippen molar-refractivity contribution in [3.8, 4) is 6.07 Å². The van der Waals surface area contributed by atoms with Gasteiger partial charge in [0.2, 0.25) is 5.91 Å². The highest BCUT2D eigenvalue weighted by Crippen LogP contribution is 2.38. The summed E-state index contributed by atoms with van der Waals surface area (Å²) >= 11 is 0. The van der Waals surface area contributed by atoms with E-state index in [0.717, 1.165) is 0 Å². The minimum atomic E-state index is -0.918. The van der Waals surface area contributed by atoms with Crippen LogP contribution in [0, 0.1) is 23.2 Å². The van der Waals surface area contributed by atoms with Crippen molar-refractivity contribution in [1.82, 2.24) is 5.32 Å². The van der Waals surface area contributed by atoms with Crippen LogP contribution in [0.1, 0.15) is 19.8 Å². The lowest BCUT2D eigenvalue weighted by molar-refractivity contribution is -0.140. The standard InChI is InChI=1S/C9H12N2O3/c1-5(2-3-10)11-8(12)6-4-7(6)9(13)14/h5-7H,2,4H2,1H3,(H,11,12)(H,13,14). The summed E-state index contributed by atoms with van der Waals surface area (Å²) in [6.07, 6.45) is 0.663. The first-order chi connectivity index (χ1) is 6.56. The average Bonchev–Trinajstić information content (AvgIpc) is 2.82. The number of amides is 1. The third-order valence-corrected chi connectivity index (χ3v) is 2.23. The van der Waals surface area contributed by atoms with Gasteiger partial charge in [0, 0.05) is 6.04 Å². The molecule has 3 atom stereocenters. The molecule has 1 amide bonds. The highest BCUT2D eigenvalue weighted by molar-refractivity contribution is 5.89. The molecule has 14 heavy (non-hydrogen) atoms. The second kappa shape index (κ2) is 4.09. The molecule has 1 aliphatic carbocycles. The van der Waals surface area contributed by atoms with Crippen molar-refractivity contribution >= 4 is 11.9 Å². The predicted octanol–water partition coefficient (Wildman–Crippen LogP) is 0.125. The van der Waals surface area contributed by atoms with Gasteiger partial charge in [0.05, 0.1) is 24.3 Å². The van der Waals surface area contributed by atoms with E-state index in [1.807, 2.05) is 6.07 Å². The van der Waals surface area contributed by atoms with Gasteiger partial charge in [-0.2, -0.15) is 5.26 Å². The molecule has 1 saturated carbocycles. The molecule has 0 aromatic carbocycles. The van der Waals surface area contributed by atoms with Gasteiger partial charge in [-0.15, -0.1) is 0 Å². The van der Waals surface area contributed by atoms with Crippen LogP contribution < -0.4 is 5.32 Å². The maximum atomic E-state index is 11.3. The molecule has 0 aromatic rings. The number of rotatable bonds is 4. The molecule has 2 N–H and O–H groups in total. The van der Waals surface area contributed by atoms with Crippen molar-refractivity contribution in [3.05, 3.63) is 0 Å². The highest BCUT2D eigenvalue weighted by Gasteiger charge is 2.48. The lowest BCUT2D eigenvalue weighted by atomic mass is 10.2. The van der Waals surface area contributed by atoms with Crippen molar-refractivity contribution in [3.63, 3.8) is 0 Å². The highest BCUT2D eigenvalue weighted by atomic mass is 16.4. The van der Waals surface area contributed by atoms with Gasteiger partial charge < -0.3 is 10.4 Å². The molecular weight excluding hydrogens is 184 g/mol. The van der Waals surface area contributed by atoms with E-state index in [2.05, 4.69) is 5.32 Å². The molecule has 1 aliphatic rings. The van der Waals surface area contributed by atoms with Gasteiger partial charge in [0.15, 0.2) is 0 Å². The molecule has 1 fully saturated rings. The largest absolute Gasteiger partial charge is 0.481 e. The monoisotopic (exact) mass is 196 g/mol. The first kappa shape index (κ1) is 10.5. The Balaban J connectivity index is 2.32. The van der Waals surface area contributed by atoms with Gasteiger partial charge in [-0.25, -0.2) is 0 Å². The molecule has 0 aliphatic heterocycles. The summed E-state index contributed by atoms with van der Waals surface area (Å²) in [6, 6.07) is 1.73. The summed E-state index contributed by atoms with van der Waals surface area (Å²) in [4.78, 5) is 21.8. The number of hydrogen-bond donors (Lipinski definition) is 2. The number of aliphatic carboxylic acids is 1. The van der Waals surface area contributed by atoms with E-state index >= 15 is 0 Å². The fourth-order valence-electron chi connectivity index (χ4n) is 1.30. The van der Waals surface area contributed by atoms with Gasteiger partial charge >= 0.3 is 5.97 Å². The van der Waals surface area contributed by atoms with Crippen LogP contribution in [0.2, 0.25) is 0 Å². The molecule has 0 aromatic heterocycles. The number of carbonyl (C=O) groups is 2. The van der Waals surface area contributed by atoms with E-state index in [-0.39, 0.29) is 18.4 Å². The summed E-state index contributed by atoms with van der Waals surface area (Å²) < 4.78 is 0. The second-order valence-corrected chi connectivity index (χ2v) is 3.56. The van der Waals surface area contributed by atoms with Crippen LogP contribution in [-0.4, -0.2) is 23.0 Å². The molecule has 0 radical (unpaired) electrons. The zero-order valence-electron chi connectivity index (χ0n) is 7.86. The number of carboxylic acids is 1. The topological polar surface area (TPSA) is 90.2 Å². The quantitative estimate of drug-likeness (QED) is 0.668. The Hall–Kier alpha value is -1.57. The molecule has 76 valence electrons. The molecular formula is C9H12N2O3. The van der Waals surface area contributed by atoms with Crippen LogP contribution in [0.25, 0.3) is 0 Å². The molecule has 0 spiro atoms. The number of hydrogen-bond acceptors (Lipinski definition) is 3. The number of nitrogens with zero attached hydrogens (tertiary/aromatic N) is 1. The molecule has 0 bridgehead atoms. The third-order valence-electron chi connectivity index (χ3n) is 2.23. The number of nitriles is 1. The summed E-state index contributed by atoms with van der Waals surface area (Å²) in [5.74, 6) is -2.09. The Morgan fingerprint density at radius 2 is 2.29 bits per heavy atom. The van der Waals surface area contributed by atoms with Crippen LogP contribution in [0.15, 0.2) is 0 Å². The normalized spacial score (nSPS) is 26.0. The summed E-state index contributed by atoms with van der Waals surface area (Å²) in [5, 5.41) is 19.5. The first-order valence-corrected chi connectivity index (χ1v) is 4.46. The van der Waals surface area contributed by atoms with Gasteiger partial charge in [0.1, 0.15) is 0 Å². The van der Waals surface area contributed by atoms with E-state index in [4.69, 9.17) is 10.4 Å². The molecule has 1 rings (SSSR count). The Bertz CT molecular complexity index is 295. The average molecular weight is 196 g/mol. The number of carbonyl (C=O) groups excluding carboxylic acids is 1. The summed E-state index contributed by atoms with van der Waals surface area (Å²) in [6.45, 7) is 1.72. The second-order valence-electron chi connectivity index (χ2n) is 3.56. The molecule has 0 heterocycles. The zero-order valence-corrected chi connectivity index (χ0v) is 7.86. The van der Waals surface area contributed by atoms with Gasteiger partial charge in [-0.05, 0) is 13.3 Å². The van der Waals surface area contributed by atoms with Gasteiger partial charge in [-0.3, -0.25) is 9.59 Å². The van der Waals surface area contributed by atoms with Crippen LogP contribution in [0.3, 0.4) is 0 Å². The van der Waals surface area contributed by atoms with Crippen molar-refractivity contribution in [2.75, 3.05) is 0 Å². The van der Waals surface area contributed by atoms with Crippen molar-refractivity contribution in [2.24, 2.45) is 11.8 Å². The van der Waals surface area contributed by atoms with Crippen LogP contribution in [-0.2, 0) is 9.59 Å². The van der Waals surface area contributed by atoms with Gasteiger partial charge in [-0.1, -0.05) is 0 Å². The van der Waals surface area contributed by atoms with E-state index < -0.39 is 17.8 Å². The van der Waals surface area contributed by atoms with Gasteiger partial charge in [0.25, 0.3) is 0 Å². The van der Waals surface area contributed by atoms with Crippen molar-refractivity contribution < 1.29 is 14.7 Å². The first-order valence-electron chi connectivity index (χ1n) is 4.46. The van der Waals surface area contributed by atoms with Crippen molar-refractivity contribution in [1.29, 1.82) is 5.26 Å². The zero-order chi connectivity index (χ0) is 10.7. The Morgan fingerprint density at radius 1 is 1.64 bits per heavy atom. The third kappa shape index (κ3) is 2.46. The minimum Gasteiger partial charge on any atom is -0.481 e. The Labute approximate surface area is 81.7 Å². The lowest BCUT2D eigenvalue weighted by Gasteiger charge is -2.09. The Kier molecular flexibility index (Phi) is 3.07. The SMILES string of the molecule is CC(CC#N)NC(=O)C1CC1C(=O)O. The molecule has 5 nitrogen and oxygen atoms in total. The van der Waals surface area contributed by atoms with E-state index in [1.165, 1.54) is 0 Å². The number of nitrogens with one attached hydrogen (secondary N) is 1. The fraction of sp³-hybridized carbons (Fsp3) is 0.667. The smallest absolute Gasteiger partial charge is 0.307 e. The van der Waals surface area contributed by atoms with Crippen LogP contribution >= 0.6 is 0 Å². The molecule has 5 heteroatoms. The minimum absolute atomic E-state index is 0.206. The lowest BCUT2D eigenvalue weighted by Crippen LogP contribution is -2.34. The van der Waals surface area contributed by atoms with E-state index in [1.54, 1.807) is 6.92 Å². The van der Waals surface area contributed by atoms with Crippen LogP contribution in [0.5, 0.6) is 0 Å². The fourth-order valence-corrected chi connectivity index (χ4v) is 1.30. The van der Waals surface area contributed by atoms with Crippen molar-refractivity contribution in [2.45, 2.75) is 25.8 Å². The maximum Gasteiger partial charge on any atom is 0.307 e. The molecule has 3 unspecified atom stereocenters. The maximum absolute atomic E-state index is 11.3.